The summed E-state index contributed by atoms with van der Waals surface area (Å²) in [4.78, 5) is 9.46. The molecule has 29 heavy (non-hydrogen) atoms. The van der Waals surface area contributed by atoms with Crippen molar-refractivity contribution in [3.63, 3.8) is 0 Å². The summed E-state index contributed by atoms with van der Waals surface area (Å²) in [6, 6.07) is 14.6. The van der Waals surface area contributed by atoms with Gasteiger partial charge in [0, 0.05) is 34.0 Å². The number of rotatable bonds is 5. The van der Waals surface area contributed by atoms with E-state index in [4.69, 9.17) is 10.1 Å². The molecule has 0 fully saturated rings. The Morgan fingerprint density at radius 1 is 0.931 bits per heavy atom. The molecule has 6 heteroatoms. The van der Waals surface area contributed by atoms with E-state index in [1.165, 1.54) is 4.21 Å². The number of aryl methyl sites for hydroxylation is 3. The highest BCUT2D eigenvalue weighted by Crippen LogP contribution is 2.39. The number of thiazole rings is 1. The van der Waals surface area contributed by atoms with Crippen LogP contribution in [0.25, 0.3) is 27.5 Å². The first kappa shape index (κ1) is 19.9. The second-order valence-electron chi connectivity index (χ2n) is 7.38. The summed E-state index contributed by atoms with van der Waals surface area (Å²) in [5.41, 5.74) is 7.47. The third kappa shape index (κ3) is 4.28. The van der Waals surface area contributed by atoms with Crippen molar-refractivity contribution in [2.45, 2.75) is 44.1 Å². The van der Waals surface area contributed by atoms with E-state index in [1.807, 2.05) is 43.3 Å². The molecule has 1 aromatic carbocycles. The minimum Gasteiger partial charge on any atom is -0.258 e. The fourth-order valence-electron chi connectivity index (χ4n) is 3.30. The zero-order valence-corrected chi connectivity index (χ0v) is 18.9. The molecule has 0 N–H and O–H groups in total. The summed E-state index contributed by atoms with van der Waals surface area (Å²) in [6.45, 7) is 10.5. The van der Waals surface area contributed by atoms with Crippen LogP contribution < -0.4 is 0 Å². The molecule has 0 aliphatic carbocycles. The Morgan fingerprint density at radius 3 is 2.28 bits per heavy atom. The van der Waals surface area contributed by atoms with E-state index in [0.29, 0.717) is 5.25 Å². The van der Waals surface area contributed by atoms with Gasteiger partial charge in [-0.3, -0.25) is 4.98 Å². The summed E-state index contributed by atoms with van der Waals surface area (Å²) in [5.74, 6) is 0. The van der Waals surface area contributed by atoms with Crippen LogP contribution >= 0.6 is 23.1 Å². The van der Waals surface area contributed by atoms with Gasteiger partial charge in [0.25, 0.3) is 0 Å². The molecule has 148 valence electrons. The fraction of sp³-hybridized carbons (Fsp3) is 0.261. The van der Waals surface area contributed by atoms with Crippen LogP contribution in [0.3, 0.4) is 0 Å². The maximum Gasteiger partial charge on any atom is 0.211 e. The highest BCUT2D eigenvalue weighted by atomic mass is 32.2. The van der Waals surface area contributed by atoms with Crippen molar-refractivity contribution >= 4 is 23.1 Å². The molecular weight excluding hydrogens is 396 g/mol. The first-order chi connectivity index (χ1) is 13.9. The Bertz CT molecular complexity index is 1120. The lowest BCUT2D eigenvalue weighted by Gasteiger charge is -2.04. The van der Waals surface area contributed by atoms with Crippen LogP contribution in [0, 0.1) is 20.8 Å². The lowest BCUT2D eigenvalue weighted by Crippen LogP contribution is -1.93. The second kappa shape index (κ2) is 8.13. The molecule has 0 saturated heterocycles. The van der Waals surface area contributed by atoms with Crippen LogP contribution in [-0.4, -0.2) is 25.0 Å². The van der Waals surface area contributed by atoms with Crippen molar-refractivity contribution in [1.29, 1.82) is 0 Å². The quantitative estimate of drug-likeness (QED) is 0.346. The molecule has 0 amide bonds. The van der Waals surface area contributed by atoms with Gasteiger partial charge < -0.3 is 0 Å². The van der Waals surface area contributed by atoms with E-state index in [0.717, 1.165) is 44.6 Å². The molecule has 0 atom stereocenters. The molecule has 4 rings (SSSR count). The highest BCUT2D eigenvalue weighted by Gasteiger charge is 2.18. The first-order valence-electron chi connectivity index (χ1n) is 9.66. The molecule has 0 aliphatic rings. The Morgan fingerprint density at radius 2 is 1.62 bits per heavy atom. The summed E-state index contributed by atoms with van der Waals surface area (Å²) >= 11 is 3.55. The van der Waals surface area contributed by atoms with E-state index >= 15 is 0 Å². The normalized spacial score (nSPS) is 11.4. The number of hydrogen-bond acceptors (Lipinski definition) is 5. The van der Waals surface area contributed by atoms with Gasteiger partial charge in [-0.2, -0.15) is 5.10 Å². The van der Waals surface area contributed by atoms with E-state index in [2.05, 4.69) is 61.4 Å². The molecule has 0 radical (unpaired) electrons. The standard InChI is InChI=1S/C23H24N4S2/c1-14(2)28-22-21(18-9-7-6-8-10-18)25-23(29-22)27-13-20(17(5)26-27)19-11-15(3)24-16(4)12-19/h6-14H,1-5H3. The van der Waals surface area contributed by atoms with Gasteiger partial charge in [0.2, 0.25) is 5.13 Å². The number of thioether (sulfide) groups is 1. The second-order valence-corrected chi connectivity index (χ2v) is 10.2. The van der Waals surface area contributed by atoms with Gasteiger partial charge in [0.1, 0.15) is 0 Å². The average Bonchev–Trinajstić information content (AvgIpc) is 3.25. The van der Waals surface area contributed by atoms with Crippen molar-refractivity contribution in [1.82, 2.24) is 19.7 Å². The van der Waals surface area contributed by atoms with Gasteiger partial charge in [-0.25, -0.2) is 9.67 Å². The van der Waals surface area contributed by atoms with Crippen LogP contribution in [0.4, 0.5) is 0 Å². The van der Waals surface area contributed by atoms with Crippen LogP contribution in [0.5, 0.6) is 0 Å². The SMILES string of the molecule is Cc1cc(-c2cn(-c3nc(-c4ccccc4)c(SC(C)C)s3)nc2C)cc(C)n1. The van der Waals surface area contributed by atoms with E-state index < -0.39 is 0 Å². The van der Waals surface area contributed by atoms with Gasteiger partial charge >= 0.3 is 0 Å². The number of hydrogen-bond donors (Lipinski definition) is 0. The molecular formula is C23H24N4S2. The topological polar surface area (TPSA) is 43.6 Å². The fourth-order valence-corrected chi connectivity index (χ4v) is 5.74. The van der Waals surface area contributed by atoms with Crippen LogP contribution in [0.15, 0.2) is 52.9 Å². The van der Waals surface area contributed by atoms with Crippen molar-refractivity contribution in [3.8, 4) is 27.5 Å². The Kier molecular flexibility index (Phi) is 5.56. The first-order valence-corrected chi connectivity index (χ1v) is 11.4. The minimum atomic E-state index is 0.489. The molecule has 0 saturated carbocycles. The van der Waals surface area contributed by atoms with Gasteiger partial charge in [-0.15, -0.1) is 11.8 Å². The number of nitrogens with zero attached hydrogens (tertiary/aromatic N) is 4. The van der Waals surface area contributed by atoms with E-state index in [9.17, 15) is 0 Å². The minimum absolute atomic E-state index is 0.489. The average molecular weight is 421 g/mol. The lowest BCUT2D eigenvalue weighted by atomic mass is 10.1. The summed E-state index contributed by atoms with van der Waals surface area (Å²) in [5, 5.41) is 6.16. The summed E-state index contributed by atoms with van der Waals surface area (Å²) in [7, 11) is 0. The predicted octanol–water partition coefficient (Wildman–Crippen LogP) is 6.48. The molecule has 4 nitrogen and oxygen atoms in total. The summed E-state index contributed by atoms with van der Waals surface area (Å²) < 4.78 is 3.14. The third-order valence-electron chi connectivity index (χ3n) is 4.46. The maximum absolute atomic E-state index is 4.97. The predicted molar refractivity (Wildman–Crippen MR) is 123 cm³/mol. The number of pyridine rings is 1. The molecule has 0 bridgehead atoms. The molecule has 0 aliphatic heterocycles. The molecule has 0 unspecified atom stereocenters. The van der Waals surface area contributed by atoms with Crippen LogP contribution in [-0.2, 0) is 0 Å². The van der Waals surface area contributed by atoms with Crippen LogP contribution in [0.2, 0.25) is 0 Å². The Labute approximate surface area is 180 Å². The summed E-state index contributed by atoms with van der Waals surface area (Å²) in [6.07, 6.45) is 2.08. The zero-order valence-electron chi connectivity index (χ0n) is 17.3. The molecule has 3 heterocycles. The maximum atomic E-state index is 4.97. The lowest BCUT2D eigenvalue weighted by molar-refractivity contribution is 0.853. The monoisotopic (exact) mass is 420 g/mol. The van der Waals surface area contributed by atoms with Crippen molar-refractivity contribution < 1.29 is 0 Å². The van der Waals surface area contributed by atoms with Crippen molar-refractivity contribution in [2.75, 3.05) is 0 Å². The molecule has 0 spiro atoms. The zero-order chi connectivity index (χ0) is 20.5. The number of aromatic nitrogens is 4. The molecule has 4 aromatic rings. The smallest absolute Gasteiger partial charge is 0.211 e. The van der Waals surface area contributed by atoms with Gasteiger partial charge in [-0.1, -0.05) is 55.5 Å². The number of benzene rings is 1. The molecule has 3 aromatic heterocycles. The van der Waals surface area contributed by atoms with Gasteiger partial charge in [0.15, 0.2) is 0 Å². The van der Waals surface area contributed by atoms with E-state index in [-0.39, 0.29) is 0 Å². The van der Waals surface area contributed by atoms with E-state index in [1.54, 1.807) is 11.3 Å². The highest BCUT2D eigenvalue weighted by molar-refractivity contribution is 8.01. The Hall–Kier alpha value is -2.44. The van der Waals surface area contributed by atoms with Gasteiger partial charge in [0.05, 0.1) is 15.6 Å². The van der Waals surface area contributed by atoms with Crippen molar-refractivity contribution in [2.24, 2.45) is 0 Å². The van der Waals surface area contributed by atoms with Crippen molar-refractivity contribution in [3.05, 3.63) is 65.7 Å². The third-order valence-corrected chi connectivity index (χ3v) is 6.72. The van der Waals surface area contributed by atoms with Crippen LogP contribution in [0.1, 0.15) is 30.9 Å². The Balaban J connectivity index is 1.78. The van der Waals surface area contributed by atoms with Gasteiger partial charge in [-0.05, 0) is 38.5 Å². The largest absolute Gasteiger partial charge is 0.258 e.